The van der Waals surface area contributed by atoms with Crippen molar-refractivity contribution >= 4 is 0 Å². The van der Waals surface area contributed by atoms with Gasteiger partial charge in [0.15, 0.2) is 0 Å². The van der Waals surface area contributed by atoms with Gasteiger partial charge < -0.3 is 0 Å². The van der Waals surface area contributed by atoms with Gasteiger partial charge in [-0.15, -0.1) is 0 Å². The van der Waals surface area contributed by atoms with Gasteiger partial charge in [0.2, 0.25) is 0 Å². The Morgan fingerprint density at radius 3 is 2.04 bits per heavy atom. The summed E-state index contributed by atoms with van der Waals surface area (Å²) in [6, 6.07) is 28.1. The van der Waals surface area contributed by atoms with Crippen LogP contribution in [0, 0.1) is 6.92 Å². The average Bonchev–Trinajstić information content (AvgIpc) is 3.00. The van der Waals surface area contributed by atoms with E-state index in [2.05, 4.69) is 31.2 Å². The number of hydrogen-bond acceptors (Lipinski definition) is 1. The fraction of sp³-hybridized carbons (Fsp3) is 0.0870. The molecule has 0 radical (unpaired) electrons. The van der Waals surface area contributed by atoms with Crippen molar-refractivity contribution in [1.82, 2.24) is 9.13 Å². The molecule has 0 fully saturated rings. The second kappa shape index (κ2) is 6.89. The van der Waals surface area contributed by atoms with Gasteiger partial charge in [-0.2, -0.15) is 0 Å². The highest BCUT2D eigenvalue weighted by molar-refractivity contribution is 5.62. The molecule has 0 spiro atoms. The minimum absolute atomic E-state index is 0.0318. The Kier molecular flexibility index (Phi) is 4.28. The van der Waals surface area contributed by atoms with Gasteiger partial charge in [-0.25, -0.2) is 4.79 Å². The van der Waals surface area contributed by atoms with Gasteiger partial charge in [-0.05, 0) is 24.6 Å². The molecule has 26 heavy (non-hydrogen) atoms. The van der Waals surface area contributed by atoms with Crippen molar-refractivity contribution in [3.63, 3.8) is 0 Å². The first-order chi connectivity index (χ1) is 12.7. The zero-order valence-electron chi connectivity index (χ0n) is 14.7. The summed E-state index contributed by atoms with van der Waals surface area (Å²) >= 11 is 0. The van der Waals surface area contributed by atoms with E-state index < -0.39 is 0 Å². The van der Waals surface area contributed by atoms with Crippen LogP contribution in [-0.4, -0.2) is 9.13 Å². The van der Waals surface area contributed by atoms with Gasteiger partial charge in [0, 0.05) is 11.8 Å². The number of hydrogen-bond donors (Lipinski definition) is 0. The van der Waals surface area contributed by atoms with E-state index in [4.69, 9.17) is 0 Å². The number of aryl methyl sites for hydroxylation is 1. The van der Waals surface area contributed by atoms with E-state index in [1.807, 2.05) is 66.9 Å². The Morgan fingerprint density at radius 1 is 0.769 bits per heavy atom. The number of aromatic nitrogens is 2. The Bertz CT molecular complexity index is 1060. The maximum atomic E-state index is 13.2. The summed E-state index contributed by atoms with van der Waals surface area (Å²) in [7, 11) is 0. The average molecular weight is 340 g/mol. The lowest BCUT2D eigenvalue weighted by Crippen LogP contribution is -2.23. The molecule has 3 heteroatoms. The van der Waals surface area contributed by atoms with Crippen LogP contribution in [0.3, 0.4) is 0 Å². The zero-order valence-corrected chi connectivity index (χ0v) is 14.7. The van der Waals surface area contributed by atoms with Crippen molar-refractivity contribution < 1.29 is 0 Å². The van der Waals surface area contributed by atoms with Crippen LogP contribution in [0.5, 0.6) is 0 Å². The molecule has 0 atom stereocenters. The van der Waals surface area contributed by atoms with E-state index in [1.165, 1.54) is 5.56 Å². The molecule has 3 nitrogen and oxygen atoms in total. The third-order valence-electron chi connectivity index (χ3n) is 4.51. The molecule has 128 valence electrons. The molecule has 0 saturated carbocycles. The van der Waals surface area contributed by atoms with Gasteiger partial charge in [-0.3, -0.25) is 9.13 Å². The van der Waals surface area contributed by atoms with Gasteiger partial charge >= 0.3 is 5.69 Å². The van der Waals surface area contributed by atoms with Crippen molar-refractivity contribution in [1.29, 1.82) is 0 Å². The third-order valence-corrected chi connectivity index (χ3v) is 4.51. The summed E-state index contributed by atoms with van der Waals surface area (Å²) in [4.78, 5) is 13.2. The summed E-state index contributed by atoms with van der Waals surface area (Å²) in [6.45, 7) is 2.62. The summed E-state index contributed by atoms with van der Waals surface area (Å²) < 4.78 is 3.56. The fourth-order valence-electron chi connectivity index (χ4n) is 3.14. The first-order valence-electron chi connectivity index (χ1n) is 8.71. The maximum absolute atomic E-state index is 13.2. The van der Waals surface area contributed by atoms with Crippen LogP contribution >= 0.6 is 0 Å². The molecule has 0 saturated heterocycles. The zero-order chi connectivity index (χ0) is 17.9. The summed E-state index contributed by atoms with van der Waals surface area (Å²) in [6.07, 6.45) is 1.95. The Morgan fingerprint density at radius 2 is 1.38 bits per heavy atom. The number of rotatable bonds is 4. The third kappa shape index (κ3) is 3.11. The van der Waals surface area contributed by atoms with Gasteiger partial charge in [0.05, 0.1) is 17.9 Å². The molecule has 0 amide bonds. The van der Waals surface area contributed by atoms with Crippen LogP contribution in [0.15, 0.2) is 95.9 Å². The Labute approximate surface area is 152 Å². The van der Waals surface area contributed by atoms with E-state index in [0.29, 0.717) is 6.54 Å². The molecule has 0 aliphatic rings. The standard InChI is InChI=1S/C23H20N2O/c1-18-12-14-20(15-13-18)22-17-24(16-19-8-4-2-5-9-19)23(26)25(22)21-10-6-3-7-11-21/h2-15,17H,16H2,1H3. The molecule has 0 aliphatic carbocycles. The second-order valence-corrected chi connectivity index (χ2v) is 6.45. The topological polar surface area (TPSA) is 26.9 Å². The minimum Gasteiger partial charge on any atom is -0.294 e. The van der Waals surface area contributed by atoms with Crippen molar-refractivity contribution in [3.8, 4) is 16.9 Å². The lowest BCUT2D eigenvalue weighted by atomic mass is 10.1. The molecule has 0 aliphatic heterocycles. The van der Waals surface area contributed by atoms with Crippen molar-refractivity contribution in [3.05, 3.63) is 113 Å². The van der Waals surface area contributed by atoms with Gasteiger partial charge in [-0.1, -0.05) is 78.4 Å². The van der Waals surface area contributed by atoms with E-state index in [-0.39, 0.29) is 5.69 Å². The SMILES string of the molecule is Cc1ccc(-c2cn(Cc3ccccc3)c(=O)n2-c2ccccc2)cc1. The Hall–Kier alpha value is -3.33. The summed E-state index contributed by atoms with van der Waals surface area (Å²) in [5.74, 6) is 0. The molecule has 4 aromatic rings. The van der Waals surface area contributed by atoms with Crippen LogP contribution in [0.4, 0.5) is 0 Å². The summed E-state index contributed by atoms with van der Waals surface area (Å²) in [5, 5.41) is 0. The first-order valence-corrected chi connectivity index (χ1v) is 8.71. The van der Waals surface area contributed by atoms with Gasteiger partial charge in [0.1, 0.15) is 0 Å². The number of benzene rings is 3. The van der Waals surface area contributed by atoms with E-state index in [0.717, 1.165) is 22.5 Å². The predicted molar refractivity (Wildman–Crippen MR) is 106 cm³/mol. The first kappa shape index (κ1) is 16.2. The minimum atomic E-state index is -0.0318. The van der Waals surface area contributed by atoms with Crippen LogP contribution < -0.4 is 5.69 Å². The lowest BCUT2D eigenvalue weighted by Gasteiger charge is -2.07. The van der Waals surface area contributed by atoms with Crippen LogP contribution in [0.2, 0.25) is 0 Å². The highest BCUT2D eigenvalue weighted by Crippen LogP contribution is 2.22. The van der Waals surface area contributed by atoms with E-state index >= 15 is 0 Å². The second-order valence-electron chi connectivity index (χ2n) is 6.45. The molecule has 3 aromatic carbocycles. The molecule has 0 unspecified atom stereocenters. The highest BCUT2D eigenvalue weighted by Gasteiger charge is 2.14. The van der Waals surface area contributed by atoms with Crippen molar-refractivity contribution in [2.45, 2.75) is 13.5 Å². The molecule has 1 heterocycles. The number of imidazole rings is 1. The molecular weight excluding hydrogens is 320 g/mol. The van der Waals surface area contributed by atoms with Crippen LogP contribution in [-0.2, 0) is 6.54 Å². The summed E-state index contributed by atoms with van der Waals surface area (Å²) in [5.41, 5.74) is 5.08. The monoisotopic (exact) mass is 340 g/mol. The van der Waals surface area contributed by atoms with Crippen molar-refractivity contribution in [2.24, 2.45) is 0 Å². The fourth-order valence-corrected chi connectivity index (χ4v) is 3.14. The number of para-hydroxylation sites is 1. The molecule has 0 bridgehead atoms. The molecule has 0 N–H and O–H groups in total. The van der Waals surface area contributed by atoms with Crippen molar-refractivity contribution in [2.75, 3.05) is 0 Å². The maximum Gasteiger partial charge on any atom is 0.333 e. The lowest BCUT2D eigenvalue weighted by molar-refractivity contribution is 0.742. The quantitative estimate of drug-likeness (QED) is 0.531. The largest absolute Gasteiger partial charge is 0.333 e. The molecule has 4 rings (SSSR count). The number of nitrogens with zero attached hydrogens (tertiary/aromatic N) is 2. The molecular formula is C23H20N2O. The highest BCUT2D eigenvalue weighted by atomic mass is 16.1. The van der Waals surface area contributed by atoms with E-state index in [9.17, 15) is 4.79 Å². The van der Waals surface area contributed by atoms with E-state index in [1.54, 1.807) is 9.13 Å². The van der Waals surface area contributed by atoms with Gasteiger partial charge in [0.25, 0.3) is 0 Å². The smallest absolute Gasteiger partial charge is 0.294 e. The normalized spacial score (nSPS) is 10.8. The van der Waals surface area contributed by atoms with Crippen LogP contribution in [0.25, 0.3) is 16.9 Å². The predicted octanol–water partition coefficient (Wildman–Crippen LogP) is 4.66. The Balaban J connectivity index is 1.87. The van der Waals surface area contributed by atoms with Crippen LogP contribution in [0.1, 0.15) is 11.1 Å². The molecule has 1 aromatic heterocycles.